The predicted octanol–water partition coefficient (Wildman–Crippen LogP) is 6.25. The van der Waals surface area contributed by atoms with Gasteiger partial charge in [0.05, 0.1) is 35.7 Å². The van der Waals surface area contributed by atoms with Crippen molar-refractivity contribution < 1.29 is 47.7 Å². The fourth-order valence-corrected chi connectivity index (χ4v) is 13.0. The van der Waals surface area contributed by atoms with Gasteiger partial charge >= 0.3 is 11.9 Å². The van der Waals surface area contributed by atoms with Gasteiger partial charge < -0.3 is 33.3 Å². The molecule has 3 aliphatic carbocycles. The lowest BCUT2D eigenvalue weighted by molar-refractivity contribution is -0.344. The summed E-state index contributed by atoms with van der Waals surface area (Å²) in [6.45, 7) is 23.1. The van der Waals surface area contributed by atoms with Crippen molar-refractivity contribution in [3.8, 4) is 0 Å². The van der Waals surface area contributed by atoms with E-state index >= 15 is 4.79 Å². The largest absolute Gasteiger partial charge is 0.455 e. The first-order chi connectivity index (χ1) is 25.3. The molecule has 0 spiro atoms. The maximum atomic E-state index is 16.4. The standard InChI is InChI=1S/C43H60O10Si2/c1-26-30(45)24-43(48)37(50-38(47)28-19-15-13-16-20-28)35-41(8,36(46)34(33(26)40(43,6)7)53-55(11,12)39(3,4)5)31(23-32-42(35,25-49-32)51-27(2)44)52-54(9,10)29-21-17-14-18-22-29/h13-22,30-32,34-35,37,45,48H,23-25H2,1-12H3/t30-,31-,32+,34+,35?,37?,41+,42-,43+/m0/s1. The number of esters is 2. The van der Waals surface area contributed by atoms with Gasteiger partial charge in [-0.15, -0.1) is 0 Å². The van der Waals surface area contributed by atoms with Crippen molar-refractivity contribution in [3.63, 3.8) is 0 Å². The van der Waals surface area contributed by atoms with Crippen LogP contribution in [0.4, 0.5) is 0 Å². The highest BCUT2D eigenvalue weighted by molar-refractivity contribution is 6.84. The van der Waals surface area contributed by atoms with Crippen LogP contribution in [-0.4, -0.2) is 92.9 Å². The number of aliphatic hydroxyl groups is 2. The van der Waals surface area contributed by atoms with E-state index in [1.165, 1.54) is 6.92 Å². The minimum absolute atomic E-state index is 0.0923. The zero-order chi connectivity index (χ0) is 40.7. The first kappa shape index (κ1) is 41.7. The highest BCUT2D eigenvalue weighted by atomic mass is 28.4. The van der Waals surface area contributed by atoms with E-state index in [1.807, 2.05) is 51.1 Å². The molecule has 2 bridgehead atoms. The van der Waals surface area contributed by atoms with Crippen molar-refractivity contribution in [2.45, 2.75) is 141 Å². The fraction of sp³-hybridized carbons (Fsp3) is 0.605. The summed E-state index contributed by atoms with van der Waals surface area (Å²) >= 11 is 0. The summed E-state index contributed by atoms with van der Waals surface area (Å²) in [6, 6.07) is 18.4. The summed E-state index contributed by atoms with van der Waals surface area (Å²) < 4.78 is 33.8. The van der Waals surface area contributed by atoms with E-state index < -0.39 is 87.0 Å². The third-order valence-electron chi connectivity index (χ3n) is 14.0. The van der Waals surface area contributed by atoms with Gasteiger partial charge in [0.1, 0.15) is 23.9 Å². The number of hydrogen-bond acceptors (Lipinski definition) is 10. The van der Waals surface area contributed by atoms with Crippen LogP contribution in [0.15, 0.2) is 71.8 Å². The molecule has 12 heteroatoms. The smallest absolute Gasteiger partial charge is 0.338 e. The van der Waals surface area contributed by atoms with Crippen molar-refractivity contribution >= 4 is 39.5 Å². The van der Waals surface area contributed by atoms with Gasteiger partial charge in [-0.1, -0.05) is 83.1 Å². The molecule has 4 aliphatic rings. The Morgan fingerprint density at radius 1 is 0.927 bits per heavy atom. The first-order valence-electron chi connectivity index (χ1n) is 19.5. The van der Waals surface area contributed by atoms with Gasteiger partial charge in [-0.2, -0.15) is 0 Å². The highest BCUT2D eigenvalue weighted by Gasteiger charge is 2.78. The van der Waals surface area contributed by atoms with Gasteiger partial charge in [-0.05, 0) is 73.5 Å². The fourth-order valence-electron chi connectivity index (χ4n) is 9.62. The van der Waals surface area contributed by atoms with Crippen molar-refractivity contribution in [2.24, 2.45) is 16.7 Å². The lowest BCUT2D eigenvalue weighted by Crippen LogP contribution is -2.82. The van der Waals surface area contributed by atoms with E-state index in [0.717, 1.165) is 5.19 Å². The summed E-state index contributed by atoms with van der Waals surface area (Å²) in [5.74, 6) is -2.85. The van der Waals surface area contributed by atoms with Crippen LogP contribution >= 0.6 is 0 Å². The van der Waals surface area contributed by atoms with Gasteiger partial charge in [0.15, 0.2) is 19.7 Å². The maximum Gasteiger partial charge on any atom is 0.338 e. The number of benzene rings is 2. The average molecular weight is 793 g/mol. The van der Waals surface area contributed by atoms with Gasteiger partial charge in [-0.25, -0.2) is 4.79 Å². The second-order valence-electron chi connectivity index (χ2n) is 19.0. The SMILES string of the molecule is CC(=O)O[C@@]12CO[C@@H]1C[C@H](O[Si](C)(C)c1ccccc1)[C@@]1(C)C(=O)[C@H](O[Si](C)(C)C(C)(C)C)C3=C(C)[C@@H](O)C[C@@](O)(C(OC(=O)c4ccccc4)C12)C3(C)C. The number of ether oxygens (including phenoxy) is 3. The van der Waals surface area contributed by atoms with Crippen LogP contribution in [0.3, 0.4) is 0 Å². The van der Waals surface area contributed by atoms with E-state index in [0.29, 0.717) is 11.1 Å². The molecular formula is C43H60O10Si2. The molecule has 0 amide bonds. The molecule has 2 saturated carbocycles. The molecule has 1 saturated heterocycles. The molecule has 3 fully saturated rings. The minimum Gasteiger partial charge on any atom is -0.455 e. The molecule has 0 radical (unpaired) electrons. The zero-order valence-electron chi connectivity index (χ0n) is 34.5. The molecule has 10 nitrogen and oxygen atoms in total. The van der Waals surface area contributed by atoms with E-state index in [2.05, 4.69) is 47.0 Å². The summed E-state index contributed by atoms with van der Waals surface area (Å²) in [7, 11) is -5.58. The van der Waals surface area contributed by atoms with E-state index in [9.17, 15) is 19.8 Å². The Balaban J connectivity index is 1.69. The molecule has 300 valence electrons. The van der Waals surface area contributed by atoms with Crippen LogP contribution in [0.25, 0.3) is 0 Å². The molecule has 2 aromatic carbocycles. The molecule has 1 aliphatic heterocycles. The van der Waals surface area contributed by atoms with Crippen molar-refractivity contribution in [1.82, 2.24) is 0 Å². The summed E-state index contributed by atoms with van der Waals surface area (Å²) in [6.07, 6.45) is -5.52. The Hall–Kier alpha value is -2.98. The van der Waals surface area contributed by atoms with Crippen LogP contribution in [0, 0.1) is 16.7 Å². The number of hydrogen-bond donors (Lipinski definition) is 2. The van der Waals surface area contributed by atoms with Crippen LogP contribution in [-0.2, 0) is 32.7 Å². The summed E-state index contributed by atoms with van der Waals surface area (Å²) in [5.41, 5.74) is -5.15. The first-order valence-corrected chi connectivity index (χ1v) is 25.3. The Morgan fingerprint density at radius 3 is 2.04 bits per heavy atom. The number of carbonyl (C=O) groups excluding carboxylic acids is 3. The van der Waals surface area contributed by atoms with Crippen molar-refractivity contribution in [1.29, 1.82) is 0 Å². The third kappa shape index (κ3) is 6.53. The Bertz CT molecular complexity index is 1850. The second-order valence-corrected chi connectivity index (χ2v) is 27.6. The Kier molecular flexibility index (Phi) is 10.5. The van der Waals surface area contributed by atoms with E-state index in [-0.39, 0.29) is 35.8 Å². The number of aliphatic hydroxyl groups excluding tert-OH is 1. The second kappa shape index (κ2) is 13.8. The number of ketones is 1. The number of fused-ring (bicyclic) bond motifs is 5. The summed E-state index contributed by atoms with van der Waals surface area (Å²) in [4.78, 5) is 43.9. The Morgan fingerprint density at radius 2 is 1.51 bits per heavy atom. The van der Waals surface area contributed by atoms with Crippen LogP contribution in [0.1, 0.15) is 78.6 Å². The molecule has 0 aromatic heterocycles. The van der Waals surface area contributed by atoms with Crippen LogP contribution in [0.5, 0.6) is 0 Å². The van der Waals surface area contributed by atoms with Gasteiger partial charge in [0, 0.05) is 25.2 Å². The summed E-state index contributed by atoms with van der Waals surface area (Å²) in [5, 5.41) is 26.2. The minimum atomic E-state index is -2.81. The number of Topliss-reactive ketones (excluding diaryl/α,β-unsaturated/α-hetero) is 1. The van der Waals surface area contributed by atoms with E-state index in [1.54, 1.807) is 37.3 Å². The molecule has 2 unspecified atom stereocenters. The number of rotatable bonds is 8. The maximum absolute atomic E-state index is 16.4. The lowest BCUT2D eigenvalue weighted by atomic mass is 9.44. The highest BCUT2D eigenvalue weighted by Crippen LogP contribution is 2.65. The average Bonchev–Trinajstić information content (AvgIpc) is 3.09. The molecule has 6 rings (SSSR count). The molecular weight excluding hydrogens is 733 g/mol. The number of carbonyl (C=O) groups is 3. The van der Waals surface area contributed by atoms with E-state index in [4.69, 9.17) is 23.1 Å². The van der Waals surface area contributed by atoms with Gasteiger partial charge in [0.2, 0.25) is 8.32 Å². The predicted molar refractivity (Wildman–Crippen MR) is 214 cm³/mol. The zero-order valence-corrected chi connectivity index (χ0v) is 36.5. The molecule has 2 N–H and O–H groups in total. The molecule has 55 heavy (non-hydrogen) atoms. The van der Waals surface area contributed by atoms with Gasteiger partial charge in [-0.3, -0.25) is 9.59 Å². The normalized spacial score (nSPS) is 34.7. The molecule has 1 heterocycles. The molecule has 2 aromatic rings. The van der Waals surface area contributed by atoms with Crippen LogP contribution in [0.2, 0.25) is 31.2 Å². The van der Waals surface area contributed by atoms with Crippen molar-refractivity contribution in [3.05, 3.63) is 77.4 Å². The van der Waals surface area contributed by atoms with Gasteiger partial charge in [0.25, 0.3) is 0 Å². The monoisotopic (exact) mass is 792 g/mol. The topological polar surface area (TPSA) is 138 Å². The van der Waals surface area contributed by atoms with Crippen molar-refractivity contribution in [2.75, 3.05) is 6.61 Å². The lowest BCUT2D eigenvalue weighted by Gasteiger charge is -2.68. The quantitative estimate of drug-likeness (QED) is 0.179. The molecule has 9 atom stereocenters. The third-order valence-corrected chi connectivity index (χ3v) is 21.1. The van der Waals surface area contributed by atoms with Crippen LogP contribution < -0.4 is 5.19 Å². The Labute approximate surface area is 328 Å².